The summed E-state index contributed by atoms with van der Waals surface area (Å²) in [4.78, 5) is 27.7. The molecule has 0 aromatic heterocycles. The standard InChI is InChI=1S/C25H19Cl2NO4/c1-14-5-3-6-15(11-14)22-21(23(29)16-9-10-19(26)20(27)12-16)24(30)25(31)28(22)17-7-4-8-18(13-17)32-2/h3-13,22,29H,1-2H3/b23-21+. The molecule has 1 atom stereocenters. The number of nitrogens with zero attached hydrogens (tertiary/aromatic N) is 1. The van der Waals surface area contributed by atoms with Gasteiger partial charge in [-0.25, -0.2) is 0 Å². The summed E-state index contributed by atoms with van der Waals surface area (Å²) in [7, 11) is 1.52. The van der Waals surface area contributed by atoms with Gasteiger partial charge in [-0.15, -0.1) is 0 Å². The Morgan fingerprint density at radius 3 is 2.41 bits per heavy atom. The Kier molecular flexibility index (Phi) is 5.96. The number of hydrogen-bond acceptors (Lipinski definition) is 4. The third-order valence-electron chi connectivity index (χ3n) is 5.33. The van der Waals surface area contributed by atoms with Crippen LogP contribution in [0.15, 0.2) is 72.3 Å². The second-order valence-electron chi connectivity index (χ2n) is 7.41. The number of rotatable bonds is 4. The van der Waals surface area contributed by atoms with Gasteiger partial charge in [0, 0.05) is 17.3 Å². The van der Waals surface area contributed by atoms with Crippen LogP contribution in [0.5, 0.6) is 5.75 Å². The Morgan fingerprint density at radius 1 is 0.969 bits per heavy atom. The maximum atomic E-state index is 13.2. The third-order valence-corrected chi connectivity index (χ3v) is 6.07. The number of anilines is 1. The van der Waals surface area contributed by atoms with Crippen LogP contribution in [0, 0.1) is 6.92 Å². The quantitative estimate of drug-likeness (QED) is 0.293. The summed E-state index contributed by atoms with van der Waals surface area (Å²) >= 11 is 12.1. The predicted molar refractivity (Wildman–Crippen MR) is 125 cm³/mol. The molecule has 0 saturated carbocycles. The van der Waals surface area contributed by atoms with Crippen LogP contribution in [0.1, 0.15) is 22.7 Å². The number of aliphatic hydroxyl groups is 1. The lowest BCUT2D eigenvalue weighted by molar-refractivity contribution is -0.132. The molecule has 1 aliphatic rings. The molecule has 32 heavy (non-hydrogen) atoms. The van der Waals surface area contributed by atoms with Gasteiger partial charge in [0.2, 0.25) is 0 Å². The maximum absolute atomic E-state index is 13.2. The molecule has 0 spiro atoms. The van der Waals surface area contributed by atoms with Crippen molar-refractivity contribution in [3.8, 4) is 5.75 Å². The molecule has 1 unspecified atom stereocenters. The van der Waals surface area contributed by atoms with E-state index < -0.39 is 17.7 Å². The maximum Gasteiger partial charge on any atom is 0.300 e. The summed E-state index contributed by atoms with van der Waals surface area (Å²) in [6, 6.07) is 18.0. The number of Topliss-reactive ketones (excluding diaryl/α,β-unsaturated/α-hetero) is 1. The zero-order valence-corrected chi connectivity index (χ0v) is 18.8. The lowest BCUT2D eigenvalue weighted by Gasteiger charge is -2.26. The molecule has 3 aromatic carbocycles. The first-order valence-electron chi connectivity index (χ1n) is 9.79. The smallest absolute Gasteiger partial charge is 0.300 e. The number of amides is 1. The molecule has 0 aliphatic carbocycles. The van der Waals surface area contributed by atoms with Gasteiger partial charge in [0.25, 0.3) is 11.7 Å². The highest BCUT2D eigenvalue weighted by Crippen LogP contribution is 2.43. The van der Waals surface area contributed by atoms with E-state index in [-0.39, 0.29) is 16.4 Å². The van der Waals surface area contributed by atoms with Crippen LogP contribution < -0.4 is 9.64 Å². The normalized spacial score (nSPS) is 17.6. The summed E-state index contributed by atoms with van der Waals surface area (Å²) in [6.45, 7) is 1.92. The molecule has 162 valence electrons. The minimum Gasteiger partial charge on any atom is -0.507 e. The van der Waals surface area contributed by atoms with Crippen molar-refractivity contribution in [1.29, 1.82) is 0 Å². The molecule has 1 N–H and O–H groups in total. The lowest BCUT2D eigenvalue weighted by atomic mass is 9.94. The molecule has 1 fully saturated rings. The molecule has 5 nitrogen and oxygen atoms in total. The average molecular weight is 468 g/mol. The van der Waals surface area contributed by atoms with Crippen molar-refractivity contribution in [2.75, 3.05) is 12.0 Å². The number of aliphatic hydroxyl groups excluding tert-OH is 1. The van der Waals surface area contributed by atoms with Crippen LogP contribution in [0.4, 0.5) is 5.69 Å². The number of ether oxygens (including phenoxy) is 1. The Morgan fingerprint density at radius 2 is 1.72 bits per heavy atom. The van der Waals surface area contributed by atoms with Crippen LogP contribution in [-0.2, 0) is 9.59 Å². The minimum atomic E-state index is -0.837. The Labute approximate surface area is 195 Å². The highest BCUT2D eigenvalue weighted by atomic mass is 35.5. The van der Waals surface area contributed by atoms with E-state index in [1.807, 2.05) is 31.2 Å². The highest BCUT2D eigenvalue weighted by Gasteiger charge is 2.47. The van der Waals surface area contributed by atoms with Crippen LogP contribution >= 0.6 is 23.2 Å². The summed E-state index contributed by atoms with van der Waals surface area (Å²) in [5.41, 5.74) is 2.38. The number of benzene rings is 3. The zero-order chi connectivity index (χ0) is 23.0. The second-order valence-corrected chi connectivity index (χ2v) is 8.23. The highest BCUT2D eigenvalue weighted by molar-refractivity contribution is 6.51. The Hall–Kier alpha value is -3.28. The average Bonchev–Trinajstić information content (AvgIpc) is 3.06. The van der Waals surface area contributed by atoms with Crippen molar-refractivity contribution in [3.05, 3.63) is 99.0 Å². The molecule has 0 bridgehead atoms. The van der Waals surface area contributed by atoms with Crippen LogP contribution in [0.25, 0.3) is 5.76 Å². The second kappa shape index (κ2) is 8.69. The van der Waals surface area contributed by atoms with Gasteiger partial charge in [-0.3, -0.25) is 14.5 Å². The van der Waals surface area contributed by atoms with Crippen molar-refractivity contribution < 1.29 is 19.4 Å². The predicted octanol–water partition coefficient (Wildman–Crippen LogP) is 5.94. The molecule has 3 aromatic rings. The molecule has 7 heteroatoms. The number of carbonyl (C=O) groups excluding carboxylic acids is 2. The Balaban J connectivity index is 1.96. The van der Waals surface area contributed by atoms with E-state index in [2.05, 4.69) is 0 Å². The molecular formula is C25H19Cl2NO4. The van der Waals surface area contributed by atoms with Gasteiger partial charge in [-0.2, -0.15) is 0 Å². The van der Waals surface area contributed by atoms with Crippen molar-refractivity contribution in [2.24, 2.45) is 0 Å². The number of halogens is 2. The molecule has 1 amide bonds. The summed E-state index contributed by atoms with van der Waals surface area (Å²) < 4.78 is 5.29. The van der Waals surface area contributed by atoms with Gasteiger partial charge in [-0.05, 0) is 42.8 Å². The van der Waals surface area contributed by atoms with Crippen LogP contribution in [-0.4, -0.2) is 23.9 Å². The van der Waals surface area contributed by atoms with Crippen molar-refractivity contribution in [2.45, 2.75) is 13.0 Å². The summed E-state index contributed by atoms with van der Waals surface area (Å²) in [6.07, 6.45) is 0. The van der Waals surface area contributed by atoms with E-state index in [4.69, 9.17) is 27.9 Å². The van der Waals surface area contributed by atoms with Gasteiger partial charge in [0.15, 0.2) is 0 Å². The minimum absolute atomic E-state index is 0.0261. The van der Waals surface area contributed by atoms with Crippen molar-refractivity contribution >= 4 is 46.3 Å². The molecule has 0 radical (unpaired) electrons. The van der Waals surface area contributed by atoms with E-state index in [9.17, 15) is 14.7 Å². The molecular weight excluding hydrogens is 449 g/mol. The van der Waals surface area contributed by atoms with Gasteiger partial charge in [0.05, 0.1) is 28.8 Å². The first-order valence-corrected chi connectivity index (χ1v) is 10.5. The fraction of sp³-hybridized carbons (Fsp3) is 0.120. The van der Waals surface area contributed by atoms with E-state index in [1.54, 1.807) is 30.3 Å². The molecule has 1 heterocycles. The first kappa shape index (κ1) is 21.9. The molecule has 4 rings (SSSR count). The van der Waals surface area contributed by atoms with Gasteiger partial charge >= 0.3 is 0 Å². The van der Waals surface area contributed by atoms with Crippen LogP contribution in [0.3, 0.4) is 0 Å². The van der Waals surface area contributed by atoms with E-state index in [0.717, 1.165) is 5.56 Å². The first-order chi connectivity index (χ1) is 15.3. The number of ketones is 1. The number of hydrogen-bond donors (Lipinski definition) is 1. The zero-order valence-electron chi connectivity index (χ0n) is 17.3. The Bertz CT molecular complexity index is 1270. The van der Waals surface area contributed by atoms with Gasteiger partial charge in [0.1, 0.15) is 11.5 Å². The van der Waals surface area contributed by atoms with Gasteiger partial charge in [-0.1, -0.05) is 59.1 Å². The lowest BCUT2D eigenvalue weighted by Crippen LogP contribution is -2.29. The van der Waals surface area contributed by atoms with E-state index in [0.29, 0.717) is 27.6 Å². The van der Waals surface area contributed by atoms with Crippen molar-refractivity contribution in [1.82, 2.24) is 0 Å². The topological polar surface area (TPSA) is 66.8 Å². The third kappa shape index (κ3) is 3.85. The van der Waals surface area contributed by atoms with E-state index in [1.165, 1.54) is 24.1 Å². The fourth-order valence-electron chi connectivity index (χ4n) is 3.81. The summed E-state index contributed by atoms with van der Waals surface area (Å²) in [5.74, 6) is -1.31. The number of methoxy groups -OCH3 is 1. The monoisotopic (exact) mass is 467 g/mol. The number of aryl methyl sites for hydroxylation is 1. The van der Waals surface area contributed by atoms with Gasteiger partial charge < -0.3 is 9.84 Å². The largest absolute Gasteiger partial charge is 0.507 e. The molecule has 1 saturated heterocycles. The number of carbonyl (C=O) groups is 2. The SMILES string of the molecule is COc1cccc(N2C(=O)C(=O)/C(=C(/O)c3ccc(Cl)c(Cl)c3)C2c2cccc(C)c2)c1. The van der Waals surface area contributed by atoms with E-state index >= 15 is 0 Å². The molecule has 1 aliphatic heterocycles. The van der Waals surface area contributed by atoms with Crippen LogP contribution in [0.2, 0.25) is 10.0 Å². The fourth-order valence-corrected chi connectivity index (χ4v) is 4.11. The van der Waals surface area contributed by atoms with Crippen molar-refractivity contribution in [3.63, 3.8) is 0 Å². The summed E-state index contributed by atoms with van der Waals surface area (Å²) in [5, 5.41) is 11.7.